The number of hydrogen-bond acceptors (Lipinski definition) is 3. The van der Waals surface area contributed by atoms with Crippen LogP contribution in [0.4, 0.5) is 11.4 Å². The van der Waals surface area contributed by atoms with Gasteiger partial charge in [0.25, 0.3) is 0 Å². The lowest BCUT2D eigenvalue weighted by Crippen LogP contribution is -2.25. The van der Waals surface area contributed by atoms with Crippen molar-refractivity contribution in [3.63, 3.8) is 0 Å². The van der Waals surface area contributed by atoms with E-state index in [1.807, 2.05) is 42.2 Å². The number of carboxylic acids is 1. The number of carboxylic acid groups (broad SMARTS) is 1. The van der Waals surface area contributed by atoms with Crippen molar-refractivity contribution in [3.8, 4) is 0 Å². The fourth-order valence-electron chi connectivity index (χ4n) is 2.24. The van der Waals surface area contributed by atoms with Crippen molar-refractivity contribution in [1.82, 2.24) is 0 Å². The molecule has 4 heteroatoms. The van der Waals surface area contributed by atoms with E-state index in [2.05, 4.69) is 0 Å². The van der Waals surface area contributed by atoms with Crippen LogP contribution in [0.3, 0.4) is 0 Å². The first kappa shape index (κ1) is 13.9. The third kappa shape index (κ3) is 2.91. The van der Waals surface area contributed by atoms with Crippen molar-refractivity contribution in [3.05, 3.63) is 59.7 Å². The highest BCUT2D eigenvalue weighted by Gasteiger charge is 2.17. The molecule has 0 saturated carbocycles. The topological polar surface area (TPSA) is 66.6 Å². The van der Waals surface area contributed by atoms with Gasteiger partial charge < -0.3 is 15.7 Å². The maximum Gasteiger partial charge on any atom is 0.337 e. The Labute approximate surface area is 118 Å². The van der Waals surface area contributed by atoms with Crippen LogP contribution in [0, 0.1) is 0 Å². The molecule has 0 bridgehead atoms. The van der Waals surface area contributed by atoms with Crippen LogP contribution in [-0.2, 0) is 6.54 Å². The second-order valence-electron chi connectivity index (χ2n) is 4.55. The van der Waals surface area contributed by atoms with Crippen LogP contribution in [0.1, 0.15) is 22.8 Å². The molecule has 4 nitrogen and oxygen atoms in total. The summed E-state index contributed by atoms with van der Waals surface area (Å²) >= 11 is 0. The quantitative estimate of drug-likeness (QED) is 0.820. The Morgan fingerprint density at radius 3 is 2.45 bits per heavy atom. The highest BCUT2D eigenvalue weighted by molar-refractivity contribution is 5.98. The lowest BCUT2D eigenvalue weighted by molar-refractivity contribution is 0.0697. The van der Waals surface area contributed by atoms with Crippen molar-refractivity contribution in [2.75, 3.05) is 17.2 Å². The normalized spacial score (nSPS) is 10.2. The number of aromatic carboxylic acids is 1. The third-order valence-electron chi connectivity index (χ3n) is 3.21. The van der Waals surface area contributed by atoms with Gasteiger partial charge in [0.15, 0.2) is 0 Å². The monoisotopic (exact) mass is 270 g/mol. The average Bonchev–Trinajstić information content (AvgIpc) is 2.46. The molecule has 0 aliphatic carbocycles. The molecule has 0 aliphatic rings. The molecular formula is C16H18N2O2. The Bertz CT molecular complexity index is 597. The van der Waals surface area contributed by atoms with Gasteiger partial charge in [-0.3, -0.25) is 0 Å². The van der Waals surface area contributed by atoms with Gasteiger partial charge in [-0.15, -0.1) is 0 Å². The minimum absolute atomic E-state index is 0.239. The SMILES string of the molecule is CCN(Cc1ccccc1)c1c(N)cccc1C(=O)O. The van der Waals surface area contributed by atoms with Gasteiger partial charge in [-0.2, -0.15) is 0 Å². The Morgan fingerprint density at radius 2 is 1.85 bits per heavy atom. The first-order valence-corrected chi connectivity index (χ1v) is 6.54. The van der Waals surface area contributed by atoms with E-state index in [9.17, 15) is 9.90 Å². The van der Waals surface area contributed by atoms with E-state index < -0.39 is 5.97 Å². The molecule has 104 valence electrons. The van der Waals surface area contributed by atoms with Gasteiger partial charge in [0.1, 0.15) is 0 Å². The first-order chi connectivity index (χ1) is 9.63. The van der Waals surface area contributed by atoms with Crippen molar-refractivity contribution >= 4 is 17.3 Å². The molecule has 0 spiro atoms. The number of para-hydroxylation sites is 1. The van der Waals surface area contributed by atoms with E-state index in [1.165, 1.54) is 0 Å². The van der Waals surface area contributed by atoms with E-state index in [1.54, 1.807) is 18.2 Å². The summed E-state index contributed by atoms with van der Waals surface area (Å²) in [5.41, 5.74) is 8.42. The van der Waals surface area contributed by atoms with Gasteiger partial charge in [-0.25, -0.2) is 4.79 Å². The smallest absolute Gasteiger partial charge is 0.337 e. The number of nitrogens with zero attached hydrogens (tertiary/aromatic N) is 1. The first-order valence-electron chi connectivity index (χ1n) is 6.54. The molecule has 0 atom stereocenters. The fourth-order valence-corrected chi connectivity index (χ4v) is 2.24. The second kappa shape index (κ2) is 6.10. The zero-order valence-corrected chi connectivity index (χ0v) is 11.4. The average molecular weight is 270 g/mol. The van der Waals surface area contributed by atoms with Crippen molar-refractivity contribution < 1.29 is 9.90 Å². The van der Waals surface area contributed by atoms with Crippen LogP contribution in [0.2, 0.25) is 0 Å². The van der Waals surface area contributed by atoms with Gasteiger partial charge in [-0.05, 0) is 24.6 Å². The van der Waals surface area contributed by atoms with Crippen LogP contribution in [-0.4, -0.2) is 17.6 Å². The third-order valence-corrected chi connectivity index (χ3v) is 3.21. The maximum atomic E-state index is 11.4. The van der Waals surface area contributed by atoms with E-state index in [-0.39, 0.29) is 5.56 Å². The van der Waals surface area contributed by atoms with Crippen LogP contribution < -0.4 is 10.6 Å². The van der Waals surface area contributed by atoms with Gasteiger partial charge in [0.2, 0.25) is 0 Å². The molecule has 0 unspecified atom stereocenters. The summed E-state index contributed by atoms with van der Waals surface area (Å²) in [4.78, 5) is 13.3. The van der Waals surface area contributed by atoms with Crippen LogP contribution >= 0.6 is 0 Å². The van der Waals surface area contributed by atoms with Crippen molar-refractivity contribution in [1.29, 1.82) is 0 Å². The van der Waals surface area contributed by atoms with Gasteiger partial charge in [0, 0.05) is 13.1 Å². The van der Waals surface area contributed by atoms with E-state index in [0.717, 1.165) is 5.56 Å². The van der Waals surface area contributed by atoms with E-state index in [0.29, 0.717) is 24.5 Å². The maximum absolute atomic E-state index is 11.4. The van der Waals surface area contributed by atoms with Crippen LogP contribution in [0.5, 0.6) is 0 Å². The number of benzene rings is 2. The van der Waals surface area contributed by atoms with Crippen molar-refractivity contribution in [2.45, 2.75) is 13.5 Å². The Morgan fingerprint density at radius 1 is 1.15 bits per heavy atom. The molecule has 2 aromatic carbocycles. The molecular weight excluding hydrogens is 252 g/mol. The molecule has 0 aliphatic heterocycles. The van der Waals surface area contributed by atoms with Crippen LogP contribution in [0.25, 0.3) is 0 Å². The fraction of sp³-hybridized carbons (Fsp3) is 0.188. The standard InChI is InChI=1S/C16H18N2O2/c1-2-18(11-12-7-4-3-5-8-12)15-13(16(19)20)9-6-10-14(15)17/h3-10H,2,11,17H2,1H3,(H,19,20). The van der Waals surface area contributed by atoms with Crippen LogP contribution in [0.15, 0.2) is 48.5 Å². The Hall–Kier alpha value is -2.49. The summed E-state index contributed by atoms with van der Waals surface area (Å²) in [7, 11) is 0. The molecule has 0 fully saturated rings. The Balaban J connectivity index is 2.39. The summed E-state index contributed by atoms with van der Waals surface area (Å²) < 4.78 is 0. The zero-order valence-electron chi connectivity index (χ0n) is 11.4. The lowest BCUT2D eigenvalue weighted by Gasteiger charge is -2.26. The number of nitrogens with two attached hydrogens (primary N) is 1. The van der Waals surface area contributed by atoms with E-state index >= 15 is 0 Å². The minimum Gasteiger partial charge on any atom is -0.478 e. The summed E-state index contributed by atoms with van der Waals surface area (Å²) in [6, 6.07) is 14.9. The molecule has 0 radical (unpaired) electrons. The summed E-state index contributed by atoms with van der Waals surface area (Å²) in [5, 5.41) is 9.32. The van der Waals surface area contributed by atoms with Gasteiger partial charge in [-0.1, -0.05) is 36.4 Å². The van der Waals surface area contributed by atoms with E-state index in [4.69, 9.17) is 5.73 Å². The number of nitrogen functional groups attached to an aromatic ring is 1. The highest BCUT2D eigenvalue weighted by Crippen LogP contribution is 2.29. The summed E-state index contributed by atoms with van der Waals surface area (Å²) in [5.74, 6) is -0.959. The second-order valence-corrected chi connectivity index (χ2v) is 4.55. The Kier molecular flexibility index (Phi) is 4.25. The minimum atomic E-state index is -0.959. The van der Waals surface area contributed by atoms with Crippen molar-refractivity contribution in [2.24, 2.45) is 0 Å². The zero-order chi connectivity index (χ0) is 14.5. The molecule has 3 N–H and O–H groups in total. The molecule has 2 rings (SSSR count). The molecule has 0 heterocycles. The number of rotatable bonds is 5. The summed E-state index contributed by atoms with van der Waals surface area (Å²) in [6.45, 7) is 3.30. The number of hydrogen-bond donors (Lipinski definition) is 2. The summed E-state index contributed by atoms with van der Waals surface area (Å²) in [6.07, 6.45) is 0. The highest BCUT2D eigenvalue weighted by atomic mass is 16.4. The molecule has 0 saturated heterocycles. The largest absolute Gasteiger partial charge is 0.478 e. The van der Waals surface area contributed by atoms with Gasteiger partial charge >= 0.3 is 5.97 Å². The predicted octanol–water partition coefficient (Wildman–Crippen LogP) is 2.99. The predicted molar refractivity (Wildman–Crippen MR) is 81.0 cm³/mol. The molecule has 2 aromatic rings. The lowest BCUT2D eigenvalue weighted by atomic mass is 10.1. The molecule has 0 amide bonds. The van der Waals surface area contributed by atoms with Gasteiger partial charge in [0.05, 0.1) is 16.9 Å². The molecule has 20 heavy (non-hydrogen) atoms. The number of anilines is 2. The number of carbonyl (C=O) groups is 1. The molecule has 0 aromatic heterocycles.